The van der Waals surface area contributed by atoms with E-state index in [0.717, 1.165) is 22.6 Å². The third kappa shape index (κ3) is 1.95. The van der Waals surface area contributed by atoms with E-state index >= 15 is 0 Å². The fraction of sp³-hybridized carbons (Fsp3) is 0.462. The molecule has 1 aliphatic carbocycles. The molecule has 1 aliphatic heterocycles. The molecule has 4 heteroatoms. The van der Waals surface area contributed by atoms with E-state index in [1.807, 2.05) is 6.07 Å². The van der Waals surface area contributed by atoms with Crippen LogP contribution in [-0.2, 0) is 0 Å². The number of piperidine rings is 1. The van der Waals surface area contributed by atoms with Crippen LogP contribution in [0.4, 0.5) is 5.69 Å². The lowest BCUT2D eigenvalue weighted by molar-refractivity contribution is 0.0697. The largest absolute Gasteiger partial charge is 0.478 e. The van der Waals surface area contributed by atoms with Crippen LogP contribution >= 0.6 is 15.9 Å². The molecule has 90 valence electrons. The number of halogens is 1. The van der Waals surface area contributed by atoms with E-state index in [1.54, 1.807) is 12.1 Å². The zero-order valence-electron chi connectivity index (χ0n) is 9.40. The third-order valence-electron chi connectivity index (χ3n) is 3.87. The molecule has 1 saturated heterocycles. The number of hydrogen-bond donors (Lipinski definition) is 1. The number of carboxylic acid groups (broad SMARTS) is 1. The molecule has 0 radical (unpaired) electrons. The number of aromatic carboxylic acids is 1. The minimum Gasteiger partial charge on any atom is -0.478 e. The zero-order chi connectivity index (χ0) is 12.0. The Balaban J connectivity index is 1.95. The predicted octanol–water partition coefficient (Wildman–Crippen LogP) is 3.14. The van der Waals surface area contributed by atoms with Crippen molar-refractivity contribution in [1.29, 1.82) is 0 Å². The monoisotopic (exact) mass is 295 g/mol. The van der Waals surface area contributed by atoms with Crippen LogP contribution in [0, 0.1) is 5.92 Å². The van der Waals surface area contributed by atoms with E-state index in [9.17, 15) is 4.79 Å². The van der Waals surface area contributed by atoms with Crippen molar-refractivity contribution in [2.75, 3.05) is 11.4 Å². The van der Waals surface area contributed by atoms with Gasteiger partial charge in [0.15, 0.2) is 0 Å². The van der Waals surface area contributed by atoms with E-state index < -0.39 is 5.97 Å². The van der Waals surface area contributed by atoms with Crippen LogP contribution in [0.3, 0.4) is 0 Å². The first-order valence-electron chi connectivity index (χ1n) is 5.94. The van der Waals surface area contributed by atoms with Gasteiger partial charge in [-0.25, -0.2) is 4.79 Å². The fourth-order valence-corrected chi connectivity index (χ4v) is 3.59. The van der Waals surface area contributed by atoms with Crippen LogP contribution in [0.15, 0.2) is 22.7 Å². The molecule has 2 fully saturated rings. The molecule has 0 amide bonds. The molecule has 2 aliphatic rings. The Labute approximate surface area is 109 Å². The molecule has 1 saturated carbocycles. The quantitative estimate of drug-likeness (QED) is 0.911. The van der Waals surface area contributed by atoms with Gasteiger partial charge in [-0.15, -0.1) is 0 Å². The lowest BCUT2D eigenvalue weighted by Crippen LogP contribution is -2.31. The maximum absolute atomic E-state index is 11.0. The Kier molecular flexibility index (Phi) is 2.62. The van der Waals surface area contributed by atoms with Crippen LogP contribution < -0.4 is 4.90 Å². The van der Waals surface area contributed by atoms with Crippen molar-refractivity contribution in [3.8, 4) is 0 Å². The number of anilines is 1. The van der Waals surface area contributed by atoms with Gasteiger partial charge in [0.2, 0.25) is 0 Å². The van der Waals surface area contributed by atoms with Gasteiger partial charge in [-0.05, 0) is 43.4 Å². The number of carboxylic acids is 1. The number of benzene rings is 1. The summed E-state index contributed by atoms with van der Waals surface area (Å²) in [5.41, 5.74) is 1.40. The third-order valence-corrected chi connectivity index (χ3v) is 4.33. The van der Waals surface area contributed by atoms with Gasteiger partial charge in [-0.1, -0.05) is 15.9 Å². The molecule has 1 N–H and O–H groups in total. The minimum absolute atomic E-state index is 0.358. The lowest BCUT2D eigenvalue weighted by atomic mass is 10.1. The van der Waals surface area contributed by atoms with Gasteiger partial charge in [0.25, 0.3) is 0 Å². The summed E-state index contributed by atoms with van der Waals surface area (Å²) in [4.78, 5) is 13.4. The first-order valence-corrected chi connectivity index (χ1v) is 6.73. The van der Waals surface area contributed by atoms with Crippen molar-refractivity contribution < 1.29 is 9.90 Å². The molecule has 2 atom stereocenters. The number of nitrogens with zero attached hydrogens (tertiary/aromatic N) is 1. The van der Waals surface area contributed by atoms with Crippen LogP contribution in [-0.4, -0.2) is 23.7 Å². The van der Waals surface area contributed by atoms with E-state index in [2.05, 4.69) is 20.8 Å². The molecular formula is C13H14BrNO2. The minimum atomic E-state index is -0.864. The van der Waals surface area contributed by atoms with Crippen LogP contribution in [0.1, 0.15) is 29.6 Å². The molecule has 0 spiro atoms. The summed E-state index contributed by atoms with van der Waals surface area (Å²) in [5, 5.41) is 9.07. The number of fused-ring (bicyclic) bond motifs is 2. The second kappa shape index (κ2) is 4.02. The Morgan fingerprint density at radius 2 is 2.18 bits per heavy atom. The first-order chi connectivity index (χ1) is 8.13. The number of carbonyl (C=O) groups is 1. The SMILES string of the molecule is O=C(O)c1cc(Br)cc(N2CC3CCC2C3)c1. The molecule has 17 heavy (non-hydrogen) atoms. The summed E-state index contributed by atoms with van der Waals surface area (Å²) < 4.78 is 0.843. The highest BCUT2D eigenvalue weighted by Gasteiger charge is 2.37. The van der Waals surface area contributed by atoms with Crippen LogP contribution in [0.25, 0.3) is 0 Å². The maximum atomic E-state index is 11.0. The highest BCUT2D eigenvalue weighted by molar-refractivity contribution is 9.10. The van der Waals surface area contributed by atoms with Crippen molar-refractivity contribution in [1.82, 2.24) is 0 Å². The summed E-state index contributed by atoms with van der Waals surface area (Å²) in [5.74, 6) is -0.0517. The fourth-order valence-electron chi connectivity index (χ4n) is 3.10. The molecule has 1 aromatic rings. The van der Waals surface area contributed by atoms with Gasteiger partial charge < -0.3 is 10.0 Å². The summed E-state index contributed by atoms with van der Waals surface area (Å²) in [7, 11) is 0. The van der Waals surface area contributed by atoms with Crippen molar-refractivity contribution in [3.05, 3.63) is 28.2 Å². The Morgan fingerprint density at radius 1 is 1.35 bits per heavy atom. The second-order valence-electron chi connectivity index (χ2n) is 4.99. The van der Waals surface area contributed by atoms with Gasteiger partial charge in [-0.2, -0.15) is 0 Å². The second-order valence-corrected chi connectivity index (χ2v) is 5.90. The highest BCUT2D eigenvalue weighted by atomic mass is 79.9. The lowest BCUT2D eigenvalue weighted by Gasteiger charge is -2.29. The average Bonchev–Trinajstić information content (AvgIpc) is 2.89. The van der Waals surface area contributed by atoms with E-state index in [1.165, 1.54) is 19.3 Å². The van der Waals surface area contributed by atoms with Crippen molar-refractivity contribution in [2.45, 2.75) is 25.3 Å². The summed E-state index contributed by atoms with van der Waals surface area (Å²) in [6.45, 7) is 1.08. The van der Waals surface area contributed by atoms with Gasteiger partial charge in [-0.3, -0.25) is 0 Å². The van der Waals surface area contributed by atoms with Crippen molar-refractivity contribution in [3.63, 3.8) is 0 Å². The smallest absolute Gasteiger partial charge is 0.335 e. The van der Waals surface area contributed by atoms with Crippen molar-refractivity contribution >= 4 is 27.6 Å². The summed E-state index contributed by atoms with van der Waals surface area (Å²) >= 11 is 3.39. The molecule has 1 aromatic carbocycles. The highest BCUT2D eigenvalue weighted by Crippen LogP contribution is 2.40. The van der Waals surface area contributed by atoms with E-state index in [0.29, 0.717) is 11.6 Å². The van der Waals surface area contributed by atoms with Crippen LogP contribution in [0.2, 0.25) is 0 Å². The normalized spacial score (nSPS) is 26.5. The Hall–Kier alpha value is -1.03. The standard InChI is InChI=1S/C13H14BrNO2/c14-10-4-9(13(16)17)5-12(6-10)15-7-8-1-2-11(15)3-8/h4-6,8,11H,1-3,7H2,(H,16,17). The molecular weight excluding hydrogens is 282 g/mol. The molecule has 2 bridgehead atoms. The first kappa shape index (κ1) is 11.1. The maximum Gasteiger partial charge on any atom is 0.335 e. The van der Waals surface area contributed by atoms with Gasteiger partial charge >= 0.3 is 5.97 Å². The van der Waals surface area contributed by atoms with E-state index in [-0.39, 0.29) is 0 Å². The van der Waals surface area contributed by atoms with E-state index in [4.69, 9.17) is 5.11 Å². The predicted molar refractivity (Wildman–Crippen MR) is 69.6 cm³/mol. The Bertz CT molecular complexity index is 474. The molecule has 3 rings (SSSR count). The summed E-state index contributed by atoms with van der Waals surface area (Å²) in [6.07, 6.45) is 3.86. The average molecular weight is 296 g/mol. The number of hydrogen-bond acceptors (Lipinski definition) is 2. The van der Waals surface area contributed by atoms with Crippen molar-refractivity contribution in [2.24, 2.45) is 5.92 Å². The molecule has 0 aromatic heterocycles. The molecule has 3 nitrogen and oxygen atoms in total. The number of rotatable bonds is 2. The molecule has 2 unspecified atom stereocenters. The Morgan fingerprint density at radius 3 is 2.76 bits per heavy atom. The zero-order valence-corrected chi connectivity index (χ0v) is 11.0. The topological polar surface area (TPSA) is 40.5 Å². The van der Waals surface area contributed by atoms with Gasteiger partial charge in [0.05, 0.1) is 5.56 Å². The van der Waals surface area contributed by atoms with Gasteiger partial charge in [0.1, 0.15) is 0 Å². The molecule has 1 heterocycles. The van der Waals surface area contributed by atoms with Gasteiger partial charge in [0, 0.05) is 22.7 Å². The summed E-state index contributed by atoms with van der Waals surface area (Å²) in [6, 6.07) is 6.08. The van der Waals surface area contributed by atoms with Crippen LogP contribution in [0.5, 0.6) is 0 Å².